The summed E-state index contributed by atoms with van der Waals surface area (Å²) in [4.78, 5) is 19.5. The highest BCUT2D eigenvalue weighted by molar-refractivity contribution is 6.09. The zero-order valence-corrected chi connectivity index (χ0v) is 15.3. The van der Waals surface area contributed by atoms with Crippen molar-refractivity contribution in [3.05, 3.63) is 65.7 Å². The third-order valence-corrected chi connectivity index (χ3v) is 5.01. The van der Waals surface area contributed by atoms with Gasteiger partial charge in [-0.1, -0.05) is 24.6 Å². The summed E-state index contributed by atoms with van der Waals surface area (Å²) < 4.78 is 1.90. The first-order valence-corrected chi connectivity index (χ1v) is 8.97. The number of aryl methyl sites for hydroxylation is 2. The number of carbonyl (C=O) groups is 1. The number of hydrogen-bond acceptors (Lipinski definition) is 3. The van der Waals surface area contributed by atoms with Gasteiger partial charge in [0.2, 0.25) is 0 Å². The van der Waals surface area contributed by atoms with Crippen LogP contribution in [0.5, 0.6) is 0 Å². The summed E-state index contributed by atoms with van der Waals surface area (Å²) in [6.45, 7) is 6.78. The van der Waals surface area contributed by atoms with Gasteiger partial charge in [-0.3, -0.25) is 14.5 Å². The van der Waals surface area contributed by atoms with Crippen LogP contribution in [0.25, 0.3) is 11.1 Å². The lowest BCUT2D eigenvalue weighted by atomic mass is 10.0. The molecule has 4 rings (SSSR count). The van der Waals surface area contributed by atoms with Crippen molar-refractivity contribution in [2.24, 2.45) is 0 Å². The second-order valence-electron chi connectivity index (χ2n) is 6.85. The summed E-state index contributed by atoms with van der Waals surface area (Å²) in [5.74, 6) is 0.000480. The predicted molar refractivity (Wildman–Crippen MR) is 102 cm³/mol. The number of hydrogen-bond donors (Lipinski definition) is 0. The second-order valence-corrected chi connectivity index (χ2v) is 6.85. The van der Waals surface area contributed by atoms with Gasteiger partial charge in [-0.05, 0) is 50.1 Å². The molecule has 0 saturated carbocycles. The minimum atomic E-state index is 0.000480. The molecule has 5 heteroatoms. The fourth-order valence-electron chi connectivity index (χ4n) is 3.52. The molecule has 1 atom stereocenters. The number of fused-ring (bicyclic) bond motifs is 1. The Hall–Kier alpha value is -2.95. The van der Waals surface area contributed by atoms with Crippen LogP contribution in [-0.2, 0) is 0 Å². The first-order chi connectivity index (χ1) is 12.6. The smallest absolute Gasteiger partial charge is 0.277 e. The van der Waals surface area contributed by atoms with Crippen LogP contribution in [0.4, 0.5) is 5.69 Å². The Bertz CT molecular complexity index is 958. The van der Waals surface area contributed by atoms with Gasteiger partial charge in [-0.25, -0.2) is 0 Å². The largest absolute Gasteiger partial charge is 0.305 e. The van der Waals surface area contributed by atoms with E-state index in [1.807, 2.05) is 59.1 Å². The highest BCUT2D eigenvalue weighted by atomic mass is 16.2. The van der Waals surface area contributed by atoms with E-state index in [1.54, 1.807) is 6.20 Å². The summed E-state index contributed by atoms with van der Waals surface area (Å²) >= 11 is 0. The normalized spacial score (nSPS) is 16.7. The van der Waals surface area contributed by atoms with Crippen molar-refractivity contribution < 1.29 is 4.79 Å². The summed E-state index contributed by atoms with van der Waals surface area (Å²) in [7, 11) is 0. The lowest BCUT2D eigenvalue weighted by Crippen LogP contribution is -2.43. The van der Waals surface area contributed by atoms with Crippen LogP contribution in [0.2, 0.25) is 0 Å². The first kappa shape index (κ1) is 16.5. The Morgan fingerprint density at radius 3 is 2.62 bits per heavy atom. The number of anilines is 1. The molecule has 0 spiro atoms. The fraction of sp³-hybridized carbons (Fsp3) is 0.286. The monoisotopic (exact) mass is 346 g/mol. The molecule has 3 aromatic rings. The maximum Gasteiger partial charge on any atom is 0.277 e. The minimum absolute atomic E-state index is 0.000480. The van der Waals surface area contributed by atoms with Gasteiger partial charge in [0.1, 0.15) is 5.69 Å². The summed E-state index contributed by atoms with van der Waals surface area (Å²) in [6.07, 6.45) is 4.50. The first-order valence-electron chi connectivity index (χ1n) is 8.97. The van der Waals surface area contributed by atoms with Crippen molar-refractivity contribution in [3.63, 3.8) is 0 Å². The molecular weight excluding hydrogens is 324 g/mol. The molecule has 1 amide bonds. The average Bonchev–Trinajstić information content (AvgIpc) is 3.09. The van der Waals surface area contributed by atoms with E-state index in [-0.39, 0.29) is 11.9 Å². The Kier molecular flexibility index (Phi) is 4.07. The number of carbonyl (C=O) groups excluding carboxylic acids is 1. The number of aromatic nitrogens is 3. The zero-order chi connectivity index (χ0) is 18.3. The van der Waals surface area contributed by atoms with Gasteiger partial charge in [0.15, 0.2) is 0 Å². The van der Waals surface area contributed by atoms with Crippen LogP contribution in [0.1, 0.15) is 41.1 Å². The standard InChI is InChI=1S/C21H22N4O/c1-4-17-13-24(18-7-5-14(2)6-8-18)21(26)20-19(12-23-25(17)20)16-9-10-22-15(3)11-16/h5-12,17H,4,13H2,1-3H3/t17-/m0/s1. The predicted octanol–water partition coefficient (Wildman–Crippen LogP) is 4.17. The Morgan fingerprint density at radius 1 is 1.15 bits per heavy atom. The van der Waals surface area contributed by atoms with Gasteiger partial charge < -0.3 is 4.90 Å². The van der Waals surface area contributed by atoms with Gasteiger partial charge in [-0.15, -0.1) is 0 Å². The van der Waals surface area contributed by atoms with Gasteiger partial charge in [0.05, 0.1) is 12.2 Å². The zero-order valence-electron chi connectivity index (χ0n) is 15.3. The molecule has 5 nitrogen and oxygen atoms in total. The van der Waals surface area contributed by atoms with Crippen LogP contribution in [-0.4, -0.2) is 27.2 Å². The van der Waals surface area contributed by atoms with Crippen LogP contribution in [0.3, 0.4) is 0 Å². The van der Waals surface area contributed by atoms with Crippen LogP contribution < -0.4 is 4.90 Å². The molecule has 0 N–H and O–H groups in total. The highest BCUT2D eigenvalue weighted by Gasteiger charge is 2.34. The van der Waals surface area contributed by atoms with E-state index in [0.717, 1.165) is 28.9 Å². The highest BCUT2D eigenvalue weighted by Crippen LogP contribution is 2.33. The van der Waals surface area contributed by atoms with E-state index < -0.39 is 0 Å². The SMILES string of the molecule is CC[C@H]1CN(c2ccc(C)cc2)C(=O)c2c(-c3ccnc(C)c3)cnn21. The molecule has 1 aromatic carbocycles. The molecule has 2 aromatic heterocycles. The third kappa shape index (κ3) is 2.69. The van der Waals surface area contributed by atoms with Gasteiger partial charge in [-0.2, -0.15) is 5.10 Å². The molecule has 0 aliphatic carbocycles. The maximum absolute atomic E-state index is 13.4. The molecule has 0 bridgehead atoms. The summed E-state index contributed by atoms with van der Waals surface area (Å²) in [5, 5.41) is 4.56. The van der Waals surface area contributed by atoms with Gasteiger partial charge in [0.25, 0.3) is 5.91 Å². The van der Waals surface area contributed by atoms with Crippen LogP contribution in [0.15, 0.2) is 48.8 Å². The molecule has 1 aliphatic heterocycles. The molecule has 132 valence electrons. The average molecular weight is 346 g/mol. The van der Waals surface area contributed by atoms with Crippen molar-refractivity contribution in [1.29, 1.82) is 0 Å². The van der Waals surface area contributed by atoms with Crippen molar-refractivity contribution >= 4 is 11.6 Å². The maximum atomic E-state index is 13.4. The molecule has 0 radical (unpaired) electrons. The van der Waals surface area contributed by atoms with E-state index in [2.05, 4.69) is 23.9 Å². The molecule has 0 unspecified atom stereocenters. The fourth-order valence-corrected chi connectivity index (χ4v) is 3.52. The van der Waals surface area contributed by atoms with Gasteiger partial charge in [0, 0.05) is 29.7 Å². The molecule has 3 heterocycles. The number of nitrogens with zero attached hydrogens (tertiary/aromatic N) is 4. The Morgan fingerprint density at radius 2 is 1.92 bits per heavy atom. The van der Waals surface area contributed by atoms with Crippen molar-refractivity contribution in [2.45, 2.75) is 33.2 Å². The minimum Gasteiger partial charge on any atom is -0.305 e. The lowest BCUT2D eigenvalue weighted by Gasteiger charge is -2.33. The molecule has 1 aliphatic rings. The number of amides is 1. The van der Waals surface area contributed by atoms with E-state index in [4.69, 9.17) is 0 Å². The summed E-state index contributed by atoms with van der Waals surface area (Å²) in [5.41, 5.74) is 5.55. The number of rotatable bonds is 3. The van der Waals surface area contributed by atoms with Crippen molar-refractivity contribution in [1.82, 2.24) is 14.8 Å². The molecule has 0 saturated heterocycles. The van der Waals surface area contributed by atoms with E-state index >= 15 is 0 Å². The quantitative estimate of drug-likeness (QED) is 0.715. The van der Waals surface area contributed by atoms with Crippen LogP contribution >= 0.6 is 0 Å². The third-order valence-electron chi connectivity index (χ3n) is 5.01. The van der Waals surface area contributed by atoms with E-state index in [0.29, 0.717) is 12.2 Å². The second kappa shape index (κ2) is 6.41. The lowest BCUT2D eigenvalue weighted by molar-refractivity contribution is 0.0951. The molecular formula is C21H22N4O. The van der Waals surface area contributed by atoms with E-state index in [1.165, 1.54) is 5.56 Å². The van der Waals surface area contributed by atoms with Gasteiger partial charge >= 0.3 is 0 Å². The van der Waals surface area contributed by atoms with E-state index in [9.17, 15) is 4.79 Å². The topological polar surface area (TPSA) is 51.0 Å². The molecule has 0 fully saturated rings. The number of pyridine rings is 1. The van der Waals surface area contributed by atoms with Crippen molar-refractivity contribution in [2.75, 3.05) is 11.4 Å². The number of benzene rings is 1. The molecule has 26 heavy (non-hydrogen) atoms. The van der Waals surface area contributed by atoms with Crippen molar-refractivity contribution in [3.8, 4) is 11.1 Å². The summed E-state index contributed by atoms with van der Waals surface area (Å²) in [6, 6.07) is 12.2. The Labute approximate surface area is 153 Å². The van der Waals surface area contributed by atoms with Crippen LogP contribution in [0, 0.1) is 13.8 Å². The Balaban J connectivity index is 1.83.